The Labute approximate surface area is 159 Å². The van der Waals surface area contributed by atoms with E-state index < -0.39 is 5.91 Å². The van der Waals surface area contributed by atoms with E-state index in [1.54, 1.807) is 36.4 Å². The molecule has 1 amide bonds. The van der Waals surface area contributed by atoms with Crippen molar-refractivity contribution < 1.29 is 9.90 Å². The molecule has 0 fully saturated rings. The van der Waals surface area contributed by atoms with E-state index in [9.17, 15) is 9.90 Å². The van der Waals surface area contributed by atoms with Crippen molar-refractivity contribution in [3.8, 4) is 5.75 Å². The molecular formula is C15H9BrClN3O2S2. The first-order chi connectivity index (χ1) is 11.4. The maximum Gasteiger partial charge on any atom is 0.258 e. The van der Waals surface area contributed by atoms with Crippen molar-refractivity contribution in [1.82, 2.24) is 10.3 Å². The monoisotopic (exact) mass is 441 g/mol. The Hall–Kier alpha value is -1.74. The van der Waals surface area contributed by atoms with Crippen molar-refractivity contribution in [2.45, 2.75) is 0 Å². The summed E-state index contributed by atoms with van der Waals surface area (Å²) >= 11 is 15.8. The number of phenols is 1. The molecular weight excluding hydrogens is 434 g/mol. The van der Waals surface area contributed by atoms with E-state index in [0.717, 1.165) is 14.7 Å². The van der Waals surface area contributed by atoms with E-state index >= 15 is 0 Å². The molecule has 5 nitrogen and oxygen atoms in total. The maximum absolute atomic E-state index is 12.2. The number of carbonyl (C=O) groups excluding carboxylic acids is 1. The summed E-state index contributed by atoms with van der Waals surface area (Å²) in [5.74, 6) is -0.254. The summed E-state index contributed by atoms with van der Waals surface area (Å²) in [4.78, 5) is 16.6. The molecule has 0 aliphatic rings. The third-order valence-corrected chi connectivity index (χ3v) is 4.95. The van der Waals surface area contributed by atoms with Crippen molar-refractivity contribution >= 4 is 77.5 Å². The highest BCUT2D eigenvalue weighted by Crippen LogP contribution is 2.28. The molecule has 0 saturated carbocycles. The molecule has 24 heavy (non-hydrogen) atoms. The number of phenolic OH excluding ortho intramolecular Hbond substituents is 1. The molecule has 122 valence electrons. The smallest absolute Gasteiger partial charge is 0.258 e. The van der Waals surface area contributed by atoms with Crippen LogP contribution in [0.15, 0.2) is 40.9 Å². The summed E-state index contributed by atoms with van der Waals surface area (Å²) in [5, 5.41) is 15.8. The molecule has 0 radical (unpaired) electrons. The molecule has 0 spiro atoms. The molecule has 1 heterocycles. The van der Waals surface area contributed by atoms with Gasteiger partial charge in [-0.3, -0.25) is 10.1 Å². The number of carbonyl (C=O) groups is 1. The molecule has 3 N–H and O–H groups in total. The molecule has 0 atom stereocenters. The minimum absolute atomic E-state index is 0.110. The van der Waals surface area contributed by atoms with Crippen LogP contribution >= 0.6 is 51.1 Å². The van der Waals surface area contributed by atoms with Crippen LogP contribution in [-0.4, -0.2) is 21.1 Å². The lowest BCUT2D eigenvalue weighted by Gasteiger charge is -2.08. The average Bonchev–Trinajstić information content (AvgIpc) is 2.90. The van der Waals surface area contributed by atoms with E-state index in [1.165, 1.54) is 11.3 Å². The van der Waals surface area contributed by atoms with Gasteiger partial charge in [-0.05, 0) is 48.6 Å². The minimum Gasteiger partial charge on any atom is -0.508 e. The molecule has 1 aromatic heterocycles. The fourth-order valence-corrected chi connectivity index (χ4v) is 3.66. The van der Waals surface area contributed by atoms with E-state index in [-0.39, 0.29) is 10.9 Å². The number of anilines is 1. The first-order valence-electron chi connectivity index (χ1n) is 6.59. The van der Waals surface area contributed by atoms with Gasteiger partial charge < -0.3 is 10.4 Å². The van der Waals surface area contributed by atoms with Gasteiger partial charge >= 0.3 is 0 Å². The Morgan fingerprint density at radius 3 is 2.88 bits per heavy atom. The lowest BCUT2D eigenvalue weighted by Crippen LogP contribution is -2.34. The second-order valence-corrected chi connectivity index (χ2v) is 7.47. The van der Waals surface area contributed by atoms with Crippen LogP contribution in [0.5, 0.6) is 5.75 Å². The number of fused-ring (bicyclic) bond motifs is 1. The number of amides is 1. The molecule has 0 unspecified atom stereocenters. The fraction of sp³-hybridized carbons (Fsp3) is 0. The summed E-state index contributed by atoms with van der Waals surface area (Å²) < 4.78 is 1.54. The van der Waals surface area contributed by atoms with Crippen LogP contribution in [0.3, 0.4) is 0 Å². The number of aromatic nitrogens is 1. The standard InChI is InChI=1S/C15H9BrClN3O2S2/c16-7-1-3-10(17)9(5-7)13(22)19-14(23)20-15-18-11-4-2-8(21)6-12(11)24-15/h1-6,21H,(H2,18,19,20,22,23). The fourth-order valence-electron chi connectivity index (χ4n) is 1.94. The molecule has 0 aliphatic carbocycles. The lowest BCUT2D eigenvalue weighted by atomic mass is 10.2. The zero-order valence-electron chi connectivity index (χ0n) is 11.8. The quantitative estimate of drug-likeness (QED) is 0.508. The zero-order chi connectivity index (χ0) is 17.3. The number of benzene rings is 2. The van der Waals surface area contributed by atoms with E-state index in [4.69, 9.17) is 23.8 Å². The highest BCUT2D eigenvalue weighted by molar-refractivity contribution is 9.10. The molecule has 0 saturated heterocycles. The number of aromatic hydroxyl groups is 1. The zero-order valence-corrected chi connectivity index (χ0v) is 15.8. The van der Waals surface area contributed by atoms with Crippen LogP contribution in [0, 0.1) is 0 Å². The Morgan fingerprint density at radius 1 is 1.29 bits per heavy atom. The number of hydrogen-bond donors (Lipinski definition) is 3. The Kier molecular flexibility index (Phi) is 5.00. The van der Waals surface area contributed by atoms with Gasteiger partial charge in [0.25, 0.3) is 5.91 Å². The molecule has 3 rings (SSSR count). The van der Waals surface area contributed by atoms with Crippen LogP contribution in [0.4, 0.5) is 5.13 Å². The van der Waals surface area contributed by atoms with E-state index in [2.05, 4.69) is 31.5 Å². The highest BCUT2D eigenvalue weighted by atomic mass is 79.9. The Morgan fingerprint density at radius 2 is 2.08 bits per heavy atom. The Bertz CT molecular complexity index is 961. The number of nitrogens with zero attached hydrogens (tertiary/aromatic N) is 1. The number of thiazole rings is 1. The molecule has 2 aromatic carbocycles. The largest absolute Gasteiger partial charge is 0.508 e. The third kappa shape index (κ3) is 3.84. The highest BCUT2D eigenvalue weighted by Gasteiger charge is 2.13. The molecule has 0 aliphatic heterocycles. The van der Waals surface area contributed by atoms with Gasteiger partial charge in [-0.15, -0.1) is 0 Å². The Balaban J connectivity index is 1.72. The van der Waals surface area contributed by atoms with Crippen molar-refractivity contribution in [3.63, 3.8) is 0 Å². The lowest BCUT2D eigenvalue weighted by molar-refractivity contribution is 0.0978. The van der Waals surface area contributed by atoms with Gasteiger partial charge in [0.05, 0.1) is 20.8 Å². The summed E-state index contributed by atoms with van der Waals surface area (Å²) in [6.07, 6.45) is 0. The van der Waals surface area contributed by atoms with Gasteiger partial charge in [0.15, 0.2) is 10.2 Å². The summed E-state index contributed by atoms with van der Waals surface area (Å²) in [5.41, 5.74) is 1.04. The number of hydrogen-bond acceptors (Lipinski definition) is 5. The topological polar surface area (TPSA) is 74.2 Å². The van der Waals surface area contributed by atoms with Crippen molar-refractivity contribution in [2.75, 3.05) is 5.32 Å². The summed E-state index contributed by atoms with van der Waals surface area (Å²) in [7, 11) is 0. The van der Waals surface area contributed by atoms with Crippen LogP contribution in [0.25, 0.3) is 10.2 Å². The van der Waals surface area contributed by atoms with Crippen molar-refractivity contribution in [3.05, 3.63) is 51.5 Å². The molecule has 9 heteroatoms. The van der Waals surface area contributed by atoms with Gasteiger partial charge in [0, 0.05) is 4.47 Å². The maximum atomic E-state index is 12.2. The summed E-state index contributed by atoms with van der Waals surface area (Å²) in [6, 6.07) is 9.85. The SMILES string of the molecule is O=C(NC(=S)Nc1nc2ccc(O)cc2s1)c1cc(Br)ccc1Cl. The van der Waals surface area contributed by atoms with Gasteiger partial charge in [0.2, 0.25) is 0 Å². The second-order valence-electron chi connectivity index (χ2n) is 4.70. The number of nitrogens with one attached hydrogen (secondary N) is 2. The van der Waals surface area contributed by atoms with Gasteiger partial charge in [-0.2, -0.15) is 0 Å². The van der Waals surface area contributed by atoms with Crippen LogP contribution in [-0.2, 0) is 0 Å². The van der Waals surface area contributed by atoms with E-state index in [1.807, 2.05) is 0 Å². The third-order valence-electron chi connectivity index (χ3n) is 2.99. The first-order valence-corrected chi connectivity index (χ1v) is 8.99. The number of thiocarbonyl (C=S) groups is 1. The number of halogens is 2. The molecule has 0 bridgehead atoms. The van der Waals surface area contributed by atoms with Crippen LogP contribution in [0.1, 0.15) is 10.4 Å². The number of rotatable bonds is 2. The first kappa shape index (κ1) is 17.1. The van der Waals surface area contributed by atoms with Gasteiger partial charge in [-0.1, -0.05) is 38.9 Å². The van der Waals surface area contributed by atoms with Crippen LogP contribution in [0.2, 0.25) is 5.02 Å². The predicted molar refractivity (Wildman–Crippen MR) is 104 cm³/mol. The summed E-state index contributed by atoms with van der Waals surface area (Å²) in [6.45, 7) is 0. The molecule has 3 aromatic rings. The van der Waals surface area contributed by atoms with Gasteiger partial charge in [-0.25, -0.2) is 4.98 Å². The minimum atomic E-state index is -0.419. The average molecular weight is 443 g/mol. The predicted octanol–water partition coefficient (Wildman–Crippen LogP) is 4.54. The normalized spacial score (nSPS) is 10.6. The van der Waals surface area contributed by atoms with E-state index in [0.29, 0.717) is 15.7 Å². The van der Waals surface area contributed by atoms with Crippen LogP contribution < -0.4 is 10.6 Å². The second kappa shape index (κ2) is 7.02. The van der Waals surface area contributed by atoms with Crippen molar-refractivity contribution in [2.24, 2.45) is 0 Å². The van der Waals surface area contributed by atoms with Crippen molar-refractivity contribution in [1.29, 1.82) is 0 Å². The van der Waals surface area contributed by atoms with Gasteiger partial charge in [0.1, 0.15) is 5.75 Å².